The van der Waals surface area contributed by atoms with Crippen LogP contribution in [-0.2, 0) is 10.2 Å². The highest BCUT2D eigenvalue weighted by Crippen LogP contribution is 2.29. The molecule has 0 bridgehead atoms. The van der Waals surface area contributed by atoms with Gasteiger partial charge in [0, 0.05) is 56.0 Å². The fourth-order valence-electron chi connectivity index (χ4n) is 4.19. The first kappa shape index (κ1) is 19.5. The standard InChI is InChI=1S/C20H27FN4O2S/c1-16-14-20(18-15-17(21)6-7-19(18)22-16)23-8-5-11-25(13-12-23)28(26,27)24-9-3-2-4-10-24/h6-7,14-15H,2-5,8-13H2,1H3. The van der Waals surface area contributed by atoms with Gasteiger partial charge in [-0.2, -0.15) is 17.0 Å². The van der Waals surface area contributed by atoms with Crippen molar-refractivity contribution >= 4 is 26.8 Å². The van der Waals surface area contributed by atoms with Crippen LogP contribution >= 0.6 is 0 Å². The number of fused-ring (bicyclic) bond motifs is 1. The van der Waals surface area contributed by atoms with E-state index < -0.39 is 10.2 Å². The lowest BCUT2D eigenvalue weighted by atomic mass is 10.1. The van der Waals surface area contributed by atoms with Crippen molar-refractivity contribution in [2.75, 3.05) is 44.2 Å². The van der Waals surface area contributed by atoms with Gasteiger partial charge in [0.15, 0.2) is 0 Å². The molecular formula is C20H27FN4O2S. The Morgan fingerprint density at radius 1 is 0.893 bits per heavy atom. The summed E-state index contributed by atoms with van der Waals surface area (Å²) in [5.74, 6) is -0.288. The molecule has 2 aliphatic rings. The quantitative estimate of drug-likeness (QED) is 0.787. The van der Waals surface area contributed by atoms with Crippen molar-refractivity contribution in [2.24, 2.45) is 0 Å². The molecule has 8 heteroatoms. The van der Waals surface area contributed by atoms with Crippen LogP contribution in [0.4, 0.5) is 10.1 Å². The average Bonchev–Trinajstić information content (AvgIpc) is 2.95. The SMILES string of the molecule is Cc1cc(N2CCCN(S(=O)(=O)N3CCCCC3)CC2)c2cc(F)ccc2n1. The van der Waals surface area contributed by atoms with Gasteiger partial charge in [0.05, 0.1) is 5.52 Å². The van der Waals surface area contributed by atoms with Crippen LogP contribution in [0.15, 0.2) is 24.3 Å². The fourth-order valence-corrected chi connectivity index (χ4v) is 5.91. The van der Waals surface area contributed by atoms with Crippen LogP contribution in [0.3, 0.4) is 0 Å². The van der Waals surface area contributed by atoms with Gasteiger partial charge in [0.1, 0.15) is 5.82 Å². The minimum Gasteiger partial charge on any atom is -0.370 e. The summed E-state index contributed by atoms with van der Waals surface area (Å²) in [5.41, 5.74) is 2.56. The number of aryl methyl sites for hydroxylation is 1. The Bertz CT molecular complexity index is 960. The lowest BCUT2D eigenvalue weighted by Gasteiger charge is -2.31. The molecule has 28 heavy (non-hydrogen) atoms. The molecule has 0 saturated carbocycles. The molecule has 2 aromatic rings. The number of benzene rings is 1. The molecule has 152 valence electrons. The van der Waals surface area contributed by atoms with Crippen molar-refractivity contribution in [3.8, 4) is 0 Å². The van der Waals surface area contributed by atoms with E-state index in [9.17, 15) is 12.8 Å². The number of aromatic nitrogens is 1. The molecule has 4 rings (SSSR count). The molecule has 2 aliphatic heterocycles. The molecule has 0 atom stereocenters. The van der Waals surface area contributed by atoms with E-state index in [4.69, 9.17) is 0 Å². The number of anilines is 1. The molecule has 0 amide bonds. The van der Waals surface area contributed by atoms with Gasteiger partial charge in [-0.15, -0.1) is 0 Å². The largest absolute Gasteiger partial charge is 0.370 e. The van der Waals surface area contributed by atoms with E-state index >= 15 is 0 Å². The Morgan fingerprint density at radius 2 is 1.61 bits per heavy atom. The van der Waals surface area contributed by atoms with Crippen LogP contribution in [0.2, 0.25) is 0 Å². The zero-order chi connectivity index (χ0) is 19.7. The maximum atomic E-state index is 13.8. The summed E-state index contributed by atoms with van der Waals surface area (Å²) in [6.07, 6.45) is 3.72. The van der Waals surface area contributed by atoms with E-state index in [2.05, 4.69) is 9.88 Å². The molecule has 0 aliphatic carbocycles. The monoisotopic (exact) mass is 406 g/mol. The van der Waals surface area contributed by atoms with E-state index in [0.29, 0.717) is 32.7 Å². The summed E-state index contributed by atoms with van der Waals surface area (Å²) in [5, 5.41) is 0.776. The maximum absolute atomic E-state index is 13.8. The Balaban J connectivity index is 1.58. The molecule has 1 aromatic carbocycles. The Kier molecular flexibility index (Phi) is 5.53. The lowest BCUT2D eigenvalue weighted by Crippen LogP contribution is -2.47. The normalized spacial score (nSPS) is 20.4. The second-order valence-electron chi connectivity index (χ2n) is 7.65. The minimum absolute atomic E-state index is 0.288. The highest BCUT2D eigenvalue weighted by Gasteiger charge is 2.32. The topological polar surface area (TPSA) is 56.8 Å². The van der Waals surface area contributed by atoms with Crippen LogP contribution in [0.5, 0.6) is 0 Å². The molecule has 3 heterocycles. The van der Waals surface area contributed by atoms with Gasteiger partial charge in [0.25, 0.3) is 10.2 Å². The van der Waals surface area contributed by atoms with E-state index in [0.717, 1.165) is 54.5 Å². The fraction of sp³-hybridized carbons (Fsp3) is 0.550. The van der Waals surface area contributed by atoms with Crippen molar-refractivity contribution in [1.29, 1.82) is 0 Å². The molecule has 0 unspecified atom stereocenters. The Hall–Kier alpha value is -1.77. The third-order valence-corrected chi connectivity index (χ3v) is 7.68. The van der Waals surface area contributed by atoms with E-state index in [-0.39, 0.29) is 5.82 Å². The number of halogens is 1. The van der Waals surface area contributed by atoms with Gasteiger partial charge in [-0.05, 0) is 50.5 Å². The van der Waals surface area contributed by atoms with Crippen LogP contribution in [-0.4, -0.2) is 61.3 Å². The van der Waals surface area contributed by atoms with Gasteiger partial charge in [-0.1, -0.05) is 6.42 Å². The lowest BCUT2D eigenvalue weighted by molar-refractivity contribution is 0.307. The number of rotatable bonds is 3. The summed E-state index contributed by atoms with van der Waals surface area (Å²) in [6, 6.07) is 6.61. The summed E-state index contributed by atoms with van der Waals surface area (Å²) >= 11 is 0. The number of nitrogens with zero attached hydrogens (tertiary/aromatic N) is 4. The Morgan fingerprint density at radius 3 is 2.39 bits per heavy atom. The smallest absolute Gasteiger partial charge is 0.282 e. The van der Waals surface area contributed by atoms with Gasteiger partial charge >= 0.3 is 0 Å². The van der Waals surface area contributed by atoms with Crippen LogP contribution in [0.25, 0.3) is 10.9 Å². The Labute approximate surface area is 166 Å². The summed E-state index contributed by atoms with van der Waals surface area (Å²) < 4.78 is 43.1. The highest BCUT2D eigenvalue weighted by molar-refractivity contribution is 7.86. The van der Waals surface area contributed by atoms with Crippen LogP contribution in [0, 0.1) is 12.7 Å². The first-order valence-electron chi connectivity index (χ1n) is 10.0. The highest BCUT2D eigenvalue weighted by atomic mass is 32.2. The van der Waals surface area contributed by atoms with E-state index in [1.807, 2.05) is 13.0 Å². The molecule has 6 nitrogen and oxygen atoms in total. The summed E-state index contributed by atoms with van der Waals surface area (Å²) in [6.45, 7) is 5.45. The molecule has 0 N–H and O–H groups in total. The zero-order valence-corrected chi connectivity index (χ0v) is 17.1. The minimum atomic E-state index is -3.40. The van der Waals surface area contributed by atoms with Crippen molar-refractivity contribution in [1.82, 2.24) is 13.6 Å². The van der Waals surface area contributed by atoms with Gasteiger partial charge in [-0.25, -0.2) is 4.39 Å². The summed E-state index contributed by atoms with van der Waals surface area (Å²) in [4.78, 5) is 6.67. The van der Waals surface area contributed by atoms with Crippen molar-refractivity contribution in [2.45, 2.75) is 32.6 Å². The van der Waals surface area contributed by atoms with Gasteiger partial charge < -0.3 is 4.90 Å². The first-order valence-corrected chi connectivity index (χ1v) is 11.4. The van der Waals surface area contributed by atoms with Crippen LogP contribution < -0.4 is 4.90 Å². The second kappa shape index (κ2) is 7.93. The third kappa shape index (κ3) is 3.86. The average molecular weight is 407 g/mol. The predicted molar refractivity (Wildman–Crippen MR) is 109 cm³/mol. The predicted octanol–water partition coefficient (Wildman–Crippen LogP) is 2.93. The molecule has 1 aromatic heterocycles. The van der Waals surface area contributed by atoms with E-state index in [1.165, 1.54) is 12.1 Å². The van der Waals surface area contributed by atoms with Gasteiger partial charge in [-0.3, -0.25) is 4.98 Å². The molecule has 2 saturated heterocycles. The third-order valence-electron chi connectivity index (χ3n) is 5.64. The molecule has 2 fully saturated rings. The molecule has 0 spiro atoms. The van der Waals surface area contributed by atoms with E-state index in [1.54, 1.807) is 14.7 Å². The number of piperidine rings is 1. The second-order valence-corrected chi connectivity index (χ2v) is 9.58. The number of hydrogen-bond donors (Lipinski definition) is 0. The van der Waals surface area contributed by atoms with Crippen molar-refractivity contribution in [3.63, 3.8) is 0 Å². The number of pyridine rings is 1. The summed E-state index contributed by atoms with van der Waals surface area (Å²) in [7, 11) is -3.40. The number of hydrogen-bond acceptors (Lipinski definition) is 4. The van der Waals surface area contributed by atoms with Gasteiger partial charge in [0.2, 0.25) is 0 Å². The molecule has 0 radical (unpaired) electrons. The first-order chi connectivity index (χ1) is 13.4. The zero-order valence-electron chi connectivity index (χ0n) is 16.3. The van der Waals surface area contributed by atoms with Crippen molar-refractivity contribution < 1.29 is 12.8 Å². The van der Waals surface area contributed by atoms with Crippen molar-refractivity contribution in [3.05, 3.63) is 35.8 Å². The maximum Gasteiger partial charge on any atom is 0.282 e. The van der Waals surface area contributed by atoms with Crippen LogP contribution in [0.1, 0.15) is 31.4 Å². The molecular weight excluding hydrogens is 379 g/mol.